The Balaban J connectivity index is 2.39. The largest absolute Gasteiger partial charge is 0.496 e. The van der Waals surface area contributed by atoms with E-state index in [-0.39, 0.29) is 18.3 Å². The number of thiol groups is 1. The zero-order valence-electron chi connectivity index (χ0n) is 11.1. The predicted molar refractivity (Wildman–Crippen MR) is 74.1 cm³/mol. The van der Waals surface area contributed by atoms with E-state index in [0.717, 1.165) is 15.9 Å². The van der Waals surface area contributed by atoms with Crippen molar-refractivity contribution in [2.75, 3.05) is 0 Å². The van der Waals surface area contributed by atoms with Gasteiger partial charge >= 0.3 is 7.12 Å². The molecule has 17 heavy (non-hydrogen) atoms. The van der Waals surface area contributed by atoms with Gasteiger partial charge in [-0.2, -0.15) is 0 Å². The second-order valence-electron chi connectivity index (χ2n) is 5.60. The van der Waals surface area contributed by atoms with Gasteiger partial charge in [-0.1, -0.05) is 17.7 Å². The molecule has 1 aromatic carbocycles. The van der Waals surface area contributed by atoms with Crippen molar-refractivity contribution >= 4 is 25.2 Å². The fourth-order valence-electron chi connectivity index (χ4n) is 1.93. The monoisotopic (exact) mass is 250 g/mol. The fraction of sp³-hybridized carbons (Fsp3) is 0.538. The van der Waals surface area contributed by atoms with Crippen molar-refractivity contribution in [2.45, 2.75) is 50.7 Å². The van der Waals surface area contributed by atoms with Crippen LogP contribution in [0.5, 0.6) is 0 Å². The van der Waals surface area contributed by atoms with Crippen LogP contribution < -0.4 is 5.46 Å². The lowest BCUT2D eigenvalue weighted by molar-refractivity contribution is 0.00578. The molecule has 0 unspecified atom stereocenters. The van der Waals surface area contributed by atoms with Gasteiger partial charge in [-0.05, 0) is 46.1 Å². The molecule has 0 bridgehead atoms. The SMILES string of the molecule is Cc1cccc(S)c1B1OC(C)(C)C(C)(C)O1. The molecule has 2 nitrogen and oxygen atoms in total. The number of hydrogen-bond donors (Lipinski definition) is 1. The van der Waals surface area contributed by atoms with Crippen molar-refractivity contribution in [1.29, 1.82) is 0 Å². The van der Waals surface area contributed by atoms with Gasteiger partial charge in [0.25, 0.3) is 0 Å². The summed E-state index contributed by atoms with van der Waals surface area (Å²) in [6.45, 7) is 10.3. The summed E-state index contributed by atoms with van der Waals surface area (Å²) in [6.07, 6.45) is 0. The average molecular weight is 250 g/mol. The van der Waals surface area contributed by atoms with Crippen LogP contribution in [-0.4, -0.2) is 18.3 Å². The molecule has 0 radical (unpaired) electrons. The first-order valence-corrected chi connectivity index (χ1v) is 6.33. The topological polar surface area (TPSA) is 18.5 Å². The van der Waals surface area contributed by atoms with Gasteiger partial charge in [0.05, 0.1) is 11.2 Å². The Morgan fingerprint density at radius 2 is 1.59 bits per heavy atom. The van der Waals surface area contributed by atoms with Crippen molar-refractivity contribution < 1.29 is 9.31 Å². The summed E-state index contributed by atoms with van der Waals surface area (Å²) >= 11 is 4.50. The summed E-state index contributed by atoms with van der Waals surface area (Å²) in [4.78, 5) is 0.920. The molecule has 4 heteroatoms. The molecule has 1 saturated heterocycles. The number of rotatable bonds is 1. The minimum Gasteiger partial charge on any atom is -0.399 e. The molecular formula is C13H19BO2S. The van der Waals surface area contributed by atoms with Crippen LogP contribution in [0.2, 0.25) is 0 Å². The highest BCUT2D eigenvalue weighted by Gasteiger charge is 2.52. The molecule has 2 rings (SSSR count). The normalized spacial score (nSPS) is 21.9. The Morgan fingerprint density at radius 1 is 1.06 bits per heavy atom. The van der Waals surface area contributed by atoms with Gasteiger partial charge in [0, 0.05) is 4.90 Å². The lowest BCUT2D eigenvalue weighted by Gasteiger charge is -2.32. The molecule has 0 aromatic heterocycles. The fourth-order valence-corrected chi connectivity index (χ4v) is 2.30. The molecule has 0 atom stereocenters. The zero-order chi connectivity index (χ0) is 12.8. The first-order valence-electron chi connectivity index (χ1n) is 5.89. The molecule has 0 N–H and O–H groups in total. The van der Waals surface area contributed by atoms with Crippen molar-refractivity contribution in [3.05, 3.63) is 23.8 Å². The van der Waals surface area contributed by atoms with Crippen LogP contribution in [0.3, 0.4) is 0 Å². The molecule has 0 saturated carbocycles. The highest BCUT2D eigenvalue weighted by molar-refractivity contribution is 7.80. The highest BCUT2D eigenvalue weighted by Crippen LogP contribution is 2.37. The molecule has 1 heterocycles. The smallest absolute Gasteiger partial charge is 0.399 e. The first-order chi connectivity index (χ1) is 7.74. The Morgan fingerprint density at radius 3 is 2.06 bits per heavy atom. The van der Waals surface area contributed by atoms with E-state index < -0.39 is 0 Å². The summed E-state index contributed by atoms with van der Waals surface area (Å²) in [7, 11) is -0.325. The lowest BCUT2D eigenvalue weighted by Crippen LogP contribution is -2.41. The molecule has 0 spiro atoms. The first kappa shape index (κ1) is 13.0. The van der Waals surface area contributed by atoms with E-state index in [1.54, 1.807) is 0 Å². The Hall–Kier alpha value is -0.445. The molecule has 92 valence electrons. The Bertz CT molecular complexity index is 407. The molecule has 0 amide bonds. The van der Waals surface area contributed by atoms with Crippen LogP contribution in [0.15, 0.2) is 23.1 Å². The van der Waals surface area contributed by atoms with Gasteiger partial charge in [-0.25, -0.2) is 0 Å². The minimum atomic E-state index is -0.325. The van der Waals surface area contributed by atoms with Gasteiger partial charge in [0.2, 0.25) is 0 Å². The van der Waals surface area contributed by atoms with Crippen LogP contribution in [0.4, 0.5) is 0 Å². The molecular weight excluding hydrogens is 231 g/mol. The molecule has 1 fully saturated rings. The summed E-state index contributed by atoms with van der Waals surface area (Å²) in [5.74, 6) is 0. The molecule has 1 aliphatic rings. The third kappa shape index (κ3) is 2.14. The Labute approximate surface area is 109 Å². The van der Waals surface area contributed by atoms with E-state index in [0.29, 0.717) is 0 Å². The van der Waals surface area contributed by atoms with Crippen LogP contribution in [0, 0.1) is 6.92 Å². The standard InChI is InChI=1S/C13H19BO2S/c1-9-7-6-8-10(17)11(9)14-15-12(2,3)13(4,5)16-14/h6-8,17H,1-5H3. The van der Waals surface area contributed by atoms with Crippen LogP contribution >= 0.6 is 12.6 Å². The maximum absolute atomic E-state index is 6.04. The summed E-state index contributed by atoms with van der Waals surface area (Å²) in [6, 6.07) is 6.02. The van der Waals surface area contributed by atoms with E-state index in [9.17, 15) is 0 Å². The van der Waals surface area contributed by atoms with E-state index in [2.05, 4.69) is 53.3 Å². The third-order valence-corrected chi connectivity index (χ3v) is 4.18. The number of hydrogen-bond acceptors (Lipinski definition) is 3. The summed E-state index contributed by atoms with van der Waals surface area (Å²) in [5, 5.41) is 0. The van der Waals surface area contributed by atoms with Crippen molar-refractivity contribution in [2.24, 2.45) is 0 Å². The van der Waals surface area contributed by atoms with E-state index >= 15 is 0 Å². The van der Waals surface area contributed by atoms with Crippen molar-refractivity contribution in [3.8, 4) is 0 Å². The van der Waals surface area contributed by atoms with E-state index in [1.165, 1.54) is 0 Å². The highest BCUT2D eigenvalue weighted by atomic mass is 32.1. The van der Waals surface area contributed by atoms with Crippen LogP contribution in [-0.2, 0) is 9.31 Å². The zero-order valence-corrected chi connectivity index (χ0v) is 12.0. The average Bonchev–Trinajstić information content (AvgIpc) is 2.35. The predicted octanol–water partition coefficient (Wildman–Crippen LogP) is 2.58. The van der Waals surface area contributed by atoms with Gasteiger partial charge in [0.1, 0.15) is 0 Å². The number of benzene rings is 1. The lowest BCUT2D eigenvalue weighted by atomic mass is 9.76. The molecule has 0 aliphatic carbocycles. The number of aryl methyl sites for hydroxylation is 1. The molecule has 1 aliphatic heterocycles. The summed E-state index contributed by atoms with van der Waals surface area (Å²) < 4.78 is 12.1. The molecule has 1 aromatic rings. The van der Waals surface area contributed by atoms with E-state index in [4.69, 9.17) is 9.31 Å². The van der Waals surface area contributed by atoms with Crippen LogP contribution in [0.1, 0.15) is 33.3 Å². The maximum atomic E-state index is 6.04. The van der Waals surface area contributed by atoms with Gasteiger partial charge in [-0.3, -0.25) is 0 Å². The van der Waals surface area contributed by atoms with Crippen LogP contribution in [0.25, 0.3) is 0 Å². The van der Waals surface area contributed by atoms with E-state index in [1.807, 2.05) is 12.1 Å². The van der Waals surface area contributed by atoms with Crippen molar-refractivity contribution in [3.63, 3.8) is 0 Å². The Kier molecular flexibility index (Phi) is 3.09. The van der Waals surface area contributed by atoms with Crippen molar-refractivity contribution in [1.82, 2.24) is 0 Å². The maximum Gasteiger partial charge on any atom is 0.496 e. The van der Waals surface area contributed by atoms with Gasteiger partial charge in [0.15, 0.2) is 0 Å². The summed E-state index contributed by atoms with van der Waals surface area (Å²) in [5.41, 5.74) is 1.57. The second-order valence-corrected chi connectivity index (χ2v) is 6.08. The quantitative estimate of drug-likeness (QED) is 0.610. The van der Waals surface area contributed by atoms with Gasteiger partial charge < -0.3 is 9.31 Å². The minimum absolute atomic E-state index is 0.305. The third-order valence-electron chi connectivity index (χ3n) is 3.79. The van der Waals surface area contributed by atoms with Gasteiger partial charge in [-0.15, -0.1) is 12.6 Å². The second kappa shape index (κ2) is 4.04.